The van der Waals surface area contributed by atoms with Gasteiger partial charge in [0, 0.05) is 0 Å². The second-order valence-corrected chi connectivity index (χ2v) is 11.7. The van der Waals surface area contributed by atoms with Crippen molar-refractivity contribution in [2.45, 2.75) is 76.0 Å². The quantitative estimate of drug-likeness (QED) is 0.295. The van der Waals surface area contributed by atoms with E-state index in [4.69, 9.17) is 23.7 Å². The van der Waals surface area contributed by atoms with Gasteiger partial charge in [-0.15, -0.1) is 0 Å². The van der Waals surface area contributed by atoms with Crippen LogP contribution in [0.2, 0.25) is 0 Å². The summed E-state index contributed by atoms with van der Waals surface area (Å²) < 4.78 is 28.8. The Morgan fingerprint density at radius 3 is 2.46 bits per heavy atom. The van der Waals surface area contributed by atoms with Gasteiger partial charge >= 0.3 is 17.9 Å². The molecular weight excluding hydrogens is 468 g/mol. The van der Waals surface area contributed by atoms with Crippen LogP contribution in [-0.2, 0) is 42.9 Å². The molecule has 0 aromatic rings. The largest absolute Gasteiger partial charge is 0.459 e. The van der Waals surface area contributed by atoms with E-state index < -0.39 is 107 Å². The number of ketones is 1. The predicted octanol–water partition coefficient (Wildman–Crippen LogP) is -1.78. The Kier molecular flexibility index (Phi) is 4.26. The second-order valence-electron chi connectivity index (χ2n) is 11.7. The van der Waals surface area contributed by atoms with Gasteiger partial charge in [-0.05, 0) is 24.7 Å². The lowest BCUT2D eigenvalue weighted by atomic mass is 9.51. The monoisotopic (exact) mass is 496 g/mol. The summed E-state index contributed by atoms with van der Waals surface area (Å²) in [6.45, 7) is 5.65. The van der Waals surface area contributed by atoms with E-state index in [1.165, 1.54) is 6.92 Å². The summed E-state index contributed by atoms with van der Waals surface area (Å²) in [5.74, 6) is -5.12. The normalized spacial score (nSPS) is 53.1. The summed E-state index contributed by atoms with van der Waals surface area (Å²) in [4.78, 5) is 51.3. The van der Waals surface area contributed by atoms with Crippen molar-refractivity contribution in [2.24, 2.45) is 28.1 Å². The fourth-order valence-corrected chi connectivity index (χ4v) is 8.52. The van der Waals surface area contributed by atoms with Gasteiger partial charge in [0.05, 0.1) is 16.7 Å². The van der Waals surface area contributed by atoms with Crippen LogP contribution >= 0.6 is 0 Å². The van der Waals surface area contributed by atoms with Gasteiger partial charge in [0.1, 0.15) is 25.4 Å². The highest BCUT2D eigenvalue weighted by Gasteiger charge is 3.04. The molecule has 6 aliphatic rings. The average Bonchev–Trinajstić information content (AvgIpc) is 3.49. The van der Waals surface area contributed by atoms with Crippen molar-refractivity contribution in [2.75, 3.05) is 13.2 Å². The zero-order valence-electron chi connectivity index (χ0n) is 19.7. The minimum absolute atomic E-state index is 0.184. The SMILES string of the molecule is CC1C(=O)O[C@H]2[C@H](O)[C@@]34C5CC(C(C)(C)C)C36[C@@H](OC(=O)[C@@H]6OCC(=O)CO)O[C@@]4(C(=O)O5)[C@@]12O. The van der Waals surface area contributed by atoms with Crippen molar-refractivity contribution in [1.82, 2.24) is 0 Å². The molecule has 0 radical (unpaired) electrons. The molecule has 0 amide bonds. The van der Waals surface area contributed by atoms with Crippen molar-refractivity contribution in [3.8, 4) is 0 Å². The molecule has 12 nitrogen and oxygen atoms in total. The molecule has 35 heavy (non-hydrogen) atoms. The van der Waals surface area contributed by atoms with Crippen LogP contribution in [0.5, 0.6) is 0 Å². The summed E-state index contributed by atoms with van der Waals surface area (Å²) >= 11 is 0. The van der Waals surface area contributed by atoms with Gasteiger partial charge in [0.2, 0.25) is 11.9 Å². The first-order chi connectivity index (χ1) is 16.3. The Morgan fingerprint density at radius 1 is 1.14 bits per heavy atom. The standard InChI is InChI=1S/C23H28O12/c1-8-15(27)33-13-12(26)21-11-5-10(19(2,3)4)20(21)14(31-7-9(25)6-24)16(28)34-18(20)35-23(21,17(29)32-11)22(8,13)30/h8,10-14,18,24,26,30H,5-7H2,1-4H3/t8?,10?,11?,12-,13-,14-,18-,20?,21-,22+,23+/m0/s1. The highest BCUT2D eigenvalue weighted by molar-refractivity contribution is 5.94. The van der Waals surface area contributed by atoms with Crippen molar-refractivity contribution < 1.29 is 58.2 Å². The summed E-state index contributed by atoms with van der Waals surface area (Å²) in [7, 11) is 0. The molecule has 6 rings (SSSR count). The maximum atomic E-state index is 13.6. The zero-order valence-corrected chi connectivity index (χ0v) is 19.7. The molecule has 6 fully saturated rings. The summed E-state index contributed by atoms with van der Waals surface area (Å²) in [5.41, 5.74) is -8.54. The molecule has 2 spiro atoms. The zero-order chi connectivity index (χ0) is 25.5. The number of aliphatic hydroxyl groups excluding tert-OH is 2. The number of aliphatic hydroxyl groups is 3. The molecule has 4 aliphatic heterocycles. The van der Waals surface area contributed by atoms with E-state index in [0.29, 0.717) is 0 Å². The van der Waals surface area contributed by atoms with E-state index in [-0.39, 0.29) is 6.42 Å². The van der Waals surface area contributed by atoms with Crippen molar-refractivity contribution in [3.63, 3.8) is 0 Å². The molecule has 0 aromatic heterocycles. The molecular formula is C23H28O12. The third-order valence-electron chi connectivity index (χ3n) is 9.56. The Hall–Kier alpha value is -2.12. The van der Waals surface area contributed by atoms with Crippen molar-refractivity contribution >= 4 is 23.7 Å². The fraction of sp³-hybridized carbons (Fsp3) is 0.826. The van der Waals surface area contributed by atoms with E-state index >= 15 is 0 Å². The molecule has 4 unspecified atom stereocenters. The molecule has 0 aromatic carbocycles. The smallest absolute Gasteiger partial charge is 0.343 e. The molecule has 4 saturated heterocycles. The number of Topliss-reactive ketones (excluding diaryl/α,β-unsaturated/α-hetero) is 1. The van der Waals surface area contributed by atoms with Crippen molar-refractivity contribution in [1.29, 1.82) is 0 Å². The maximum Gasteiger partial charge on any atom is 0.343 e. The maximum absolute atomic E-state index is 13.6. The Morgan fingerprint density at radius 2 is 1.83 bits per heavy atom. The molecule has 0 bridgehead atoms. The second kappa shape index (κ2) is 6.41. The Balaban J connectivity index is 1.64. The van der Waals surface area contributed by atoms with Gasteiger partial charge in [-0.2, -0.15) is 0 Å². The first kappa shape index (κ1) is 23.3. The third kappa shape index (κ3) is 2.01. The van der Waals surface area contributed by atoms with Gasteiger partial charge in [-0.1, -0.05) is 20.8 Å². The molecule has 2 saturated carbocycles. The highest BCUT2D eigenvalue weighted by Crippen LogP contribution is 2.84. The minimum Gasteiger partial charge on any atom is -0.459 e. The van der Waals surface area contributed by atoms with Gasteiger partial charge in [-0.25, -0.2) is 9.59 Å². The summed E-state index contributed by atoms with van der Waals surface area (Å²) in [6.07, 6.45) is -6.96. The lowest BCUT2D eigenvalue weighted by Crippen LogP contribution is -2.67. The van der Waals surface area contributed by atoms with Crippen LogP contribution in [0.15, 0.2) is 0 Å². The molecule has 11 atom stereocenters. The third-order valence-corrected chi connectivity index (χ3v) is 9.56. The van der Waals surface area contributed by atoms with Crippen LogP contribution in [0.25, 0.3) is 0 Å². The lowest BCUT2D eigenvalue weighted by molar-refractivity contribution is -0.240. The van der Waals surface area contributed by atoms with Crippen molar-refractivity contribution in [3.05, 3.63) is 0 Å². The van der Waals surface area contributed by atoms with E-state index in [9.17, 15) is 34.5 Å². The van der Waals surface area contributed by atoms with Crippen LogP contribution in [-0.4, -0.2) is 94.1 Å². The summed E-state index contributed by atoms with van der Waals surface area (Å²) in [5, 5.41) is 33.1. The van der Waals surface area contributed by atoms with E-state index in [1.807, 2.05) is 20.8 Å². The Labute approximate surface area is 199 Å². The number of carbonyl (C=O) groups excluding carboxylic acids is 4. The van der Waals surface area contributed by atoms with Gasteiger partial charge < -0.3 is 39.0 Å². The number of ether oxygens (including phenoxy) is 5. The average molecular weight is 496 g/mol. The van der Waals surface area contributed by atoms with Gasteiger partial charge in [0.15, 0.2) is 23.6 Å². The van der Waals surface area contributed by atoms with E-state index in [1.54, 1.807) is 0 Å². The lowest BCUT2D eigenvalue weighted by Gasteiger charge is -2.48. The number of fused-ring (bicyclic) bond motifs is 1. The minimum atomic E-state index is -2.31. The predicted molar refractivity (Wildman–Crippen MR) is 108 cm³/mol. The van der Waals surface area contributed by atoms with Crippen LogP contribution in [0, 0.1) is 28.1 Å². The number of hydrogen-bond acceptors (Lipinski definition) is 12. The number of carbonyl (C=O) groups is 4. The Bertz CT molecular complexity index is 1070. The highest BCUT2D eigenvalue weighted by atomic mass is 16.8. The molecule has 192 valence electrons. The van der Waals surface area contributed by atoms with Gasteiger partial charge in [0.25, 0.3) is 0 Å². The van der Waals surface area contributed by atoms with Crippen LogP contribution in [0.3, 0.4) is 0 Å². The first-order valence-electron chi connectivity index (χ1n) is 11.7. The van der Waals surface area contributed by atoms with E-state index in [2.05, 4.69) is 0 Å². The van der Waals surface area contributed by atoms with E-state index in [0.717, 1.165) is 0 Å². The number of esters is 3. The number of rotatable bonds is 4. The molecule has 4 heterocycles. The van der Waals surface area contributed by atoms with Crippen LogP contribution < -0.4 is 0 Å². The first-order valence-corrected chi connectivity index (χ1v) is 11.7. The van der Waals surface area contributed by atoms with Gasteiger partial charge in [-0.3, -0.25) is 9.59 Å². The molecule has 12 heteroatoms. The summed E-state index contributed by atoms with van der Waals surface area (Å²) in [6, 6.07) is 0. The van der Waals surface area contributed by atoms with Crippen LogP contribution in [0.4, 0.5) is 0 Å². The fourth-order valence-electron chi connectivity index (χ4n) is 8.52. The molecule has 3 N–H and O–H groups in total. The number of hydrogen-bond donors (Lipinski definition) is 3. The molecule has 2 aliphatic carbocycles. The topological polar surface area (TPSA) is 175 Å². The van der Waals surface area contributed by atoms with Crippen LogP contribution in [0.1, 0.15) is 34.1 Å².